The quantitative estimate of drug-likeness (QED) is 0.763. The molecule has 5 nitrogen and oxygen atoms in total. The molecule has 5 heteroatoms. The average molecular weight is 285 g/mol. The molecule has 2 heterocycles. The van der Waals surface area contributed by atoms with Crippen LogP contribution in [0.5, 0.6) is 0 Å². The summed E-state index contributed by atoms with van der Waals surface area (Å²) >= 11 is 0. The summed E-state index contributed by atoms with van der Waals surface area (Å²) in [5.41, 5.74) is 3.51. The van der Waals surface area contributed by atoms with Gasteiger partial charge in [0.2, 0.25) is 0 Å². The molecule has 21 heavy (non-hydrogen) atoms. The lowest BCUT2D eigenvalue weighted by Crippen LogP contribution is -2.22. The molecule has 0 amide bonds. The number of hydrogen-bond acceptors (Lipinski definition) is 5. The van der Waals surface area contributed by atoms with Crippen LogP contribution in [-0.4, -0.2) is 37.2 Å². The summed E-state index contributed by atoms with van der Waals surface area (Å²) in [6.45, 7) is 4.67. The fourth-order valence-electron chi connectivity index (χ4n) is 1.98. The molecule has 2 N–H and O–H groups in total. The van der Waals surface area contributed by atoms with Crippen molar-refractivity contribution in [2.24, 2.45) is 0 Å². The van der Waals surface area contributed by atoms with Crippen LogP contribution in [0.15, 0.2) is 36.8 Å². The summed E-state index contributed by atoms with van der Waals surface area (Å²) in [4.78, 5) is 10.5. The normalized spacial score (nSPS) is 10.4. The molecule has 2 rings (SSSR count). The Morgan fingerprint density at radius 3 is 2.62 bits per heavy atom. The molecule has 0 fully saturated rings. The van der Waals surface area contributed by atoms with Crippen LogP contribution in [0.2, 0.25) is 0 Å². The molecule has 0 aromatic carbocycles. The van der Waals surface area contributed by atoms with E-state index < -0.39 is 0 Å². The topological polar surface area (TPSA) is 53.1 Å². The fraction of sp³-hybridized carbons (Fsp3) is 0.375. The maximum absolute atomic E-state index is 4.40. The monoisotopic (exact) mass is 285 g/mol. The first-order valence-electron chi connectivity index (χ1n) is 7.14. The highest BCUT2D eigenvalue weighted by Crippen LogP contribution is 2.10. The number of nitrogens with zero attached hydrogens (tertiary/aromatic N) is 3. The van der Waals surface area contributed by atoms with E-state index in [1.807, 2.05) is 43.5 Å². The number of aryl methyl sites for hydroxylation is 1. The average Bonchev–Trinajstić information content (AvgIpc) is 2.49. The number of anilines is 2. The highest BCUT2D eigenvalue weighted by Gasteiger charge is 1.98. The van der Waals surface area contributed by atoms with Gasteiger partial charge in [0.25, 0.3) is 0 Å². The summed E-state index contributed by atoms with van der Waals surface area (Å²) in [5, 5.41) is 6.81. The Morgan fingerprint density at radius 1 is 1.10 bits per heavy atom. The third-order valence-corrected chi connectivity index (χ3v) is 3.23. The molecular weight excluding hydrogens is 262 g/mol. The van der Waals surface area contributed by atoms with Crippen molar-refractivity contribution in [3.8, 4) is 0 Å². The number of hydrogen-bond donors (Lipinski definition) is 2. The van der Waals surface area contributed by atoms with Gasteiger partial charge in [0, 0.05) is 58.0 Å². The number of aromatic nitrogens is 2. The van der Waals surface area contributed by atoms with Crippen molar-refractivity contribution in [3.63, 3.8) is 0 Å². The van der Waals surface area contributed by atoms with Gasteiger partial charge < -0.3 is 15.5 Å². The Kier molecular flexibility index (Phi) is 5.51. The van der Waals surface area contributed by atoms with Gasteiger partial charge >= 0.3 is 0 Å². The minimum absolute atomic E-state index is 0.831. The van der Waals surface area contributed by atoms with E-state index in [2.05, 4.69) is 33.6 Å². The zero-order chi connectivity index (χ0) is 15.1. The summed E-state index contributed by atoms with van der Waals surface area (Å²) in [5.74, 6) is 0.980. The molecule has 0 saturated carbocycles. The minimum Gasteiger partial charge on any atom is -0.383 e. The molecule has 0 bridgehead atoms. The maximum atomic E-state index is 4.40. The Balaban J connectivity index is 1.69. The third kappa shape index (κ3) is 4.72. The van der Waals surface area contributed by atoms with Crippen LogP contribution in [0.4, 0.5) is 11.5 Å². The lowest BCUT2D eigenvalue weighted by atomic mass is 10.2. The highest BCUT2D eigenvalue weighted by molar-refractivity contribution is 5.48. The predicted molar refractivity (Wildman–Crippen MR) is 87.7 cm³/mol. The van der Waals surface area contributed by atoms with Crippen molar-refractivity contribution in [1.29, 1.82) is 0 Å². The Bertz CT molecular complexity index is 551. The van der Waals surface area contributed by atoms with E-state index in [0.717, 1.165) is 31.1 Å². The van der Waals surface area contributed by atoms with E-state index in [4.69, 9.17) is 0 Å². The van der Waals surface area contributed by atoms with E-state index in [9.17, 15) is 0 Å². The molecular formula is C16H23N5. The maximum Gasteiger partial charge on any atom is 0.127 e. The zero-order valence-electron chi connectivity index (χ0n) is 12.9. The van der Waals surface area contributed by atoms with Gasteiger partial charge in [-0.25, -0.2) is 4.98 Å². The molecule has 0 aliphatic rings. The van der Waals surface area contributed by atoms with Gasteiger partial charge in [-0.15, -0.1) is 0 Å². The molecule has 0 atom stereocenters. The molecule has 112 valence electrons. The van der Waals surface area contributed by atoms with Gasteiger partial charge in [0.1, 0.15) is 5.82 Å². The lowest BCUT2D eigenvalue weighted by molar-refractivity contribution is 0.704. The summed E-state index contributed by atoms with van der Waals surface area (Å²) in [6, 6.07) is 6.14. The Hall–Kier alpha value is -2.14. The van der Waals surface area contributed by atoms with Gasteiger partial charge in [-0.05, 0) is 30.2 Å². The first kappa shape index (κ1) is 15.3. The molecule has 2 aromatic heterocycles. The van der Waals surface area contributed by atoms with Crippen molar-refractivity contribution < 1.29 is 0 Å². The van der Waals surface area contributed by atoms with Crippen LogP contribution in [0.25, 0.3) is 0 Å². The summed E-state index contributed by atoms with van der Waals surface area (Å²) in [6.07, 6.45) is 5.59. The molecule has 0 aliphatic heterocycles. The smallest absolute Gasteiger partial charge is 0.127 e. The first-order chi connectivity index (χ1) is 10.2. The van der Waals surface area contributed by atoms with E-state index in [1.54, 1.807) is 6.20 Å². The van der Waals surface area contributed by atoms with Gasteiger partial charge in [-0.1, -0.05) is 6.07 Å². The molecule has 0 radical (unpaired) electrons. The SMILES string of the molecule is Cc1cnccc1NCCNCc1ccc(N(C)C)nc1. The number of pyridine rings is 2. The third-order valence-electron chi connectivity index (χ3n) is 3.23. The second kappa shape index (κ2) is 7.59. The first-order valence-corrected chi connectivity index (χ1v) is 7.14. The van der Waals surface area contributed by atoms with Gasteiger partial charge in [0.15, 0.2) is 0 Å². The number of nitrogens with one attached hydrogen (secondary N) is 2. The standard InChI is InChI=1S/C16H23N5/c1-13-10-17-7-6-15(13)19-9-8-18-11-14-4-5-16(20-12-14)21(2)3/h4-7,10,12,18H,8-9,11H2,1-3H3,(H,17,19). The predicted octanol–water partition coefficient (Wildman–Crippen LogP) is 2.05. The van der Waals surface area contributed by atoms with Gasteiger partial charge in [-0.3, -0.25) is 4.98 Å². The largest absolute Gasteiger partial charge is 0.383 e. The van der Waals surface area contributed by atoms with E-state index in [0.29, 0.717) is 0 Å². The van der Waals surface area contributed by atoms with Crippen LogP contribution >= 0.6 is 0 Å². The van der Waals surface area contributed by atoms with Crippen molar-refractivity contribution in [2.75, 3.05) is 37.4 Å². The molecule has 0 aliphatic carbocycles. The van der Waals surface area contributed by atoms with Crippen LogP contribution in [-0.2, 0) is 6.54 Å². The van der Waals surface area contributed by atoms with Crippen LogP contribution in [0.1, 0.15) is 11.1 Å². The van der Waals surface area contributed by atoms with E-state index in [-0.39, 0.29) is 0 Å². The van der Waals surface area contributed by atoms with Crippen molar-refractivity contribution >= 4 is 11.5 Å². The Labute approximate surface area is 126 Å². The van der Waals surface area contributed by atoms with Crippen molar-refractivity contribution in [3.05, 3.63) is 47.9 Å². The van der Waals surface area contributed by atoms with Crippen LogP contribution in [0, 0.1) is 6.92 Å². The molecule has 2 aromatic rings. The highest BCUT2D eigenvalue weighted by atomic mass is 15.1. The van der Waals surface area contributed by atoms with Gasteiger partial charge in [-0.2, -0.15) is 0 Å². The van der Waals surface area contributed by atoms with E-state index in [1.165, 1.54) is 11.1 Å². The van der Waals surface area contributed by atoms with Crippen LogP contribution in [0.3, 0.4) is 0 Å². The summed E-state index contributed by atoms with van der Waals surface area (Å²) in [7, 11) is 3.99. The fourth-order valence-corrected chi connectivity index (χ4v) is 1.98. The van der Waals surface area contributed by atoms with E-state index >= 15 is 0 Å². The van der Waals surface area contributed by atoms with Gasteiger partial charge in [0.05, 0.1) is 0 Å². The second-order valence-electron chi connectivity index (χ2n) is 5.21. The van der Waals surface area contributed by atoms with Crippen LogP contribution < -0.4 is 15.5 Å². The van der Waals surface area contributed by atoms with Crippen molar-refractivity contribution in [1.82, 2.24) is 15.3 Å². The molecule has 0 spiro atoms. The minimum atomic E-state index is 0.831. The van der Waals surface area contributed by atoms with Crippen molar-refractivity contribution in [2.45, 2.75) is 13.5 Å². The number of rotatable bonds is 7. The molecule has 0 saturated heterocycles. The lowest BCUT2D eigenvalue weighted by Gasteiger charge is -2.12. The zero-order valence-corrected chi connectivity index (χ0v) is 12.9. The Morgan fingerprint density at radius 2 is 1.95 bits per heavy atom. The second-order valence-corrected chi connectivity index (χ2v) is 5.21. The summed E-state index contributed by atoms with van der Waals surface area (Å²) < 4.78 is 0. The molecule has 0 unspecified atom stereocenters.